The van der Waals surface area contributed by atoms with Gasteiger partial charge in [0.05, 0.1) is 16.4 Å². The van der Waals surface area contributed by atoms with Crippen LogP contribution in [0.25, 0.3) is 16.8 Å². The molecule has 27 heavy (non-hydrogen) atoms. The molecule has 1 saturated heterocycles. The molecule has 5 nitrogen and oxygen atoms in total. The summed E-state index contributed by atoms with van der Waals surface area (Å²) < 4.78 is 0. The fourth-order valence-corrected chi connectivity index (χ4v) is 4.07. The summed E-state index contributed by atoms with van der Waals surface area (Å²) in [6, 6.07) is 6.12. The monoisotopic (exact) mass is 378 g/mol. The highest BCUT2D eigenvalue weighted by Crippen LogP contribution is 2.33. The molecule has 6 heteroatoms. The highest BCUT2D eigenvalue weighted by molar-refractivity contribution is 7.09. The number of hydrogen-bond acceptors (Lipinski definition) is 5. The van der Waals surface area contributed by atoms with Crippen molar-refractivity contribution >= 4 is 45.5 Å². The van der Waals surface area contributed by atoms with Crippen LogP contribution in [-0.4, -0.2) is 29.0 Å². The van der Waals surface area contributed by atoms with Gasteiger partial charge in [-0.25, -0.2) is 4.98 Å². The Bertz CT molecular complexity index is 989. The molecule has 3 heterocycles. The molecule has 1 amide bonds. The first kappa shape index (κ1) is 17.7. The van der Waals surface area contributed by atoms with E-state index in [4.69, 9.17) is 0 Å². The van der Waals surface area contributed by atoms with E-state index in [0.717, 1.165) is 40.3 Å². The molecular formula is C21H22N4OS. The number of fused-ring (bicyclic) bond motifs is 1. The van der Waals surface area contributed by atoms with E-state index in [9.17, 15) is 4.79 Å². The Morgan fingerprint density at radius 1 is 1.19 bits per heavy atom. The smallest absolute Gasteiger partial charge is 0.248 e. The molecule has 0 unspecified atom stereocenters. The van der Waals surface area contributed by atoms with Crippen LogP contribution in [0.3, 0.4) is 0 Å². The van der Waals surface area contributed by atoms with Gasteiger partial charge in [0.2, 0.25) is 5.91 Å². The molecule has 1 aromatic carbocycles. The third kappa shape index (κ3) is 4.01. The van der Waals surface area contributed by atoms with Gasteiger partial charge < -0.3 is 10.2 Å². The van der Waals surface area contributed by atoms with Crippen LogP contribution >= 0.6 is 11.3 Å². The van der Waals surface area contributed by atoms with Gasteiger partial charge in [-0.15, -0.1) is 11.3 Å². The molecule has 2 aromatic heterocycles. The van der Waals surface area contributed by atoms with Crippen LogP contribution < -0.4 is 10.2 Å². The zero-order valence-electron chi connectivity index (χ0n) is 15.3. The number of carbonyl (C=O) groups is 1. The zero-order chi connectivity index (χ0) is 18.6. The minimum absolute atomic E-state index is 0.170. The summed E-state index contributed by atoms with van der Waals surface area (Å²) in [5.41, 5.74) is 2.81. The number of piperidine rings is 1. The number of benzene rings is 1. The van der Waals surface area contributed by atoms with E-state index in [0.29, 0.717) is 0 Å². The third-order valence-corrected chi connectivity index (χ3v) is 5.58. The lowest BCUT2D eigenvalue weighted by Gasteiger charge is -2.30. The molecule has 138 valence electrons. The fourth-order valence-electron chi connectivity index (χ4n) is 3.49. The molecule has 4 rings (SSSR count). The van der Waals surface area contributed by atoms with Gasteiger partial charge >= 0.3 is 0 Å². The van der Waals surface area contributed by atoms with Crippen LogP contribution in [0.5, 0.6) is 0 Å². The Morgan fingerprint density at radius 2 is 2.04 bits per heavy atom. The summed E-state index contributed by atoms with van der Waals surface area (Å²) in [7, 11) is 0. The lowest BCUT2D eigenvalue weighted by atomic mass is 10.1. The Kier molecular flexibility index (Phi) is 5.16. The molecule has 1 aliphatic rings. The molecular weight excluding hydrogens is 356 g/mol. The molecule has 1 fully saturated rings. The predicted octanol–water partition coefficient (Wildman–Crippen LogP) is 4.64. The fraction of sp³-hybridized carbons (Fsp3) is 0.286. The van der Waals surface area contributed by atoms with Gasteiger partial charge in [-0.3, -0.25) is 9.78 Å². The van der Waals surface area contributed by atoms with Crippen molar-refractivity contribution in [2.24, 2.45) is 0 Å². The number of thiazole rings is 1. The van der Waals surface area contributed by atoms with Gasteiger partial charge in [0.1, 0.15) is 0 Å². The van der Waals surface area contributed by atoms with E-state index in [1.807, 2.05) is 36.8 Å². The van der Waals surface area contributed by atoms with Crippen LogP contribution in [0.15, 0.2) is 42.0 Å². The number of nitrogens with zero attached hydrogens (tertiary/aromatic N) is 3. The largest absolute Gasteiger partial charge is 0.371 e. The quantitative estimate of drug-likeness (QED) is 0.672. The normalized spacial score (nSPS) is 14.8. The van der Waals surface area contributed by atoms with Crippen molar-refractivity contribution in [3.63, 3.8) is 0 Å². The highest BCUT2D eigenvalue weighted by atomic mass is 32.1. The number of carbonyl (C=O) groups excluding carboxylic acids is 1. The molecule has 1 N–H and O–H groups in total. The second-order valence-corrected chi connectivity index (χ2v) is 7.78. The standard InChI is InChI=1S/C21H22N4OS/c1-15-23-16(14-27-15)5-8-21(26)24-19-6-7-20(25-11-3-2-4-12-25)17-9-10-22-13-18(17)19/h5-10,13-14H,2-4,11-12H2,1H3,(H,24,26)/b8-5+. The first-order valence-electron chi connectivity index (χ1n) is 9.23. The maximum atomic E-state index is 12.4. The Balaban J connectivity index is 1.58. The number of aromatic nitrogens is 2. The van der Waals surface area contributed by atoms with Gasteiger partial charge in [-0.05, 0) is 50.5 Å². The van der Waals surface area contributed by atoms with Crippen molar-refractivity contribution in [2.75, 3.05) is 23.3 Å². The molecule has 0 radical (unpaired) electrons. The number of nitrogens with one attached hydrogen (secondary N) is 1. The molecule has 0 aliphatic carbocycles. The molecule has 0 spiro atoms. The van der Waals surface area contributed by atoms with Crippen LogP contribution in [0.4, 0.5) is 11.4 Å². The van der Waals surface area contributed by atoms with E-state index in [2.05, 4.69) is 26.3 Å². The predicted molar refractivity (Wildman–Crippen MR) is 112 cm³/mol. The third-order valence-electron chi connectivity index (χ3n) is 4.79. The number of rotatable bonds is 4. The summed E-state index contributed by atoms with van der Waals surface area (Å²) in [5.74, 6) is -0.170. The molecule has 0 saturated carbocycles. The van der Waals surface area contributed by atoms with Crippen molar-refractivity contribution in [1.29, 1.82) is 0 Å². The first-order valence-corrected chi connectivity index (χ1v) is 10.1. The topological polar surface area (TPSA) is 58.1 Å². The summed E-state index contributed by atoms with van der Waals surface area (Å²) in [5, 5.41) is 8.00. The highest BCUT2D eigenvalue weighted by Gasteiger charge is 2.15. The van der Waals surface area contributed by atoms with Gasteiger partial charge in [-0.2, -0.15) is 0 Å². The van der Waals surface area contributed by atoms with E-state index >= 15 is 0 Å². The van der Waals surface area contributed by atoms with Crippen LogP contribution in [-0.2, 0) is 4.79 Å². The van der Waals surface area contributed by atoms with E-state index in [1.165, 1.54) is 31.0 Å². The Labute approximate surface area is 162 Å². The van der Waals surface area contributed by atoms with Crippen molar-refractivity contribution in [3.05, 3.63) is 52.8 Å². The number of amides is 1. The minimum atomic E-state index is -0.170. The zero-order valence-corrected chi connectivity index (χ0v) is 16.1. The Morgan fingerprint density at radius 3 is 2.81 bits per heavy atom. The summed E-state index contributed by atoms with van der Waals surface area (Å²) in [4.78, 5) is 23.4. The second kappa shape index (κ2) is 7.88. The van der Waals surface area contributed by atoms with Crippen molar-refractivity contribution in [1.82, 2.24) is 9.97 Å². The number of aryl methyl sites for hydroxylation is 1. The number of hydrogen-bond donors (Lipinski definition) is 1. The lowest BCUT2D eigenvalue weighted by molar-refractivity contribution is -0.111. The van der Waals surface area contributed by atoms with Gasteiger partial charge in [0.15, 0.2) is 0 Å². The van der Waals surface area contributed by atoms with Crippen molar-refractivity contribution in [3.8, 4) is 0 Å². The van der Waals surface area contributed by atoms with Crippen LogP contribution in [0.2, 0.25) is 0 Å². The SMILES string of the molecule is Cc1nc(/C=C/C(=O)Nc2ccc(N3CCCCC3)c3ccncc23)cs1. The second-order valence-electron chi connectivity index (χ2n) is 6.72. The summed E-state index contributed by atoms with van der Waals surface area (Å²) in [6.45, 7) is 4.11. The minimum Gasteiger partial charge on any atom is -0.371 e. The van der Waals surface area contributed by atoms with Crippen LogP contribution in [0.1, 0.15) is 30.0 Å². The van der Waals surface area contributed by atoms with E-state index < -0.39 is 0 Å². The molecule has 0 atom stereocenters. The summed E-state index contributed by atoms with van der Waals surface area (Å²) >= 11 is 1.57. The van der Waals surface area contributed by atoms with Gasteiger partial charge in [-0.1, -0.05) is 0 Å². The lowest BCUT2D eigenvalue weighted by Crippen LogP contribution is -2.29. The van der Waals surface area contributed by atoms with E-state index in [-0.39, 0.29) is 5.91 Å². The molecule has 3 aromatic rings. The van der Waals surface area contributed by atoms with Gasteiger partial charge in [0, 0.05) is 53.4 Å². The van der Waals surface area contributed by atoms with E-state index in [1.54, 1.807) is 17.4 Å². The average molecular weight is 379 g/mol. The first-order chi connectivity index (χ1) is 13.2. The van der Waals surface area contributed by atoms with Crippen molar-refractivity contribution in [2.45, 2.75) is 26.2 Å². The van der Waals surface area contributed by atoms with Crippen LogP contribution in [0, 0.1) is 6.92 Å². The molecule has 1 aliphatic heterocycles. The van der Waals surface area contributed by atoms with Crippen molar-refractivity contribution < 1.29 is 4.79 Å². The number of anilines is 2. The molecule has 0 bridgehead atoms. The maximum Gasteiger partial charge on any atom is 0.248 e. The summed E-state index contributed by atoms with van der Waals surface area (Å²) in [6.07, 6.45) is 10.7. The average Bonchev–Trinajstić information content (AvgIpc) is 3.13. The van der Waals surface area contributed by atoms with Gasteiger partial charge in [0.25, 0.3) is 0 Å². The maximum absolute atomic E-state index is 12.4. The Hall–Kier alpha value is -2.73. The number of pyridine rings is 1.